The first kappa shape index (κ1) is 23.2. The molecule has 0 aliphatic carbocycles. The zero-order chi connectivity index (χ0) is 23.4. The van der Waals surface area contributed by atoms with Gasteiger partial charge in [-0.15, -0.1) is 0 Å². The molecular formula is C24H27FN4O3S. The highest BCUT2D eigenvalue weighted by Gasteiger charge is 2.33. The molecule has 2 aliphatic rings. The molecule has 0 radical (unpaired) electrons. The fraction of sp³-hybridized carbons (Fsp3) is 0.417. The lowest BCUT2D eigenvalue weighted by Crippen LogP contribution is -2.41. The van der Waals surface area contributed by atoms with Crippen LogP contribution in [0.1, 0.15) is 37.7 Å². The van der Waals surface area contributed by atoms with Crippen LogP contribution in [-0.2, 0) is 14.8 Å². The molecule has 1 amide bonds. The number of hydrogen-bond donors (Lipinski definition) is 1. The van der Waals surface area contributed by atoms with Crippen molar-refractivity contribution in [2.45, 2.75) is 37.0 Å². The molecule has 9 heteroatoms. The third kappa shape index (κ3) is 5.02. The number of sulfonamides is 1. The van der Waals surface area contributed by atoms with Gasteiger partial charge in [0.25, 0.3) is 0 Å². The number of nitrogens with zero attached hydrogens (tertiary/aromatic N) is 3. The van der Waals surface area contributed by atoms with Crippen molar-refractivity contribution < 1.29 is 17.6 Å². The van der Waals surface area contributed by atoms with Crippen LogP contribution in [0.15, 0.2) is 47.4 Å². The fourth-order valence-corrected chi connectivity index (χ4v) is 6.15. The number of halogens is 1. The van der Waals surface area contributed by atoms with E-state index in [1.165, 1.54) is 35.0 Å². The largest absolute Gasteiger partial charge is 0.370 e. The minimum absolute atomic E-state index is 0.0127. The number of nitrogens with one attached hydrogen (secondary N) is 1. The van der Waals surface area contributed by atoms with Crippen LogP contribution in [0.4, 0.5) is 15.8 Å². The maximum Gasteiger partial charge on any atom is 0.244 e. The van der Waals surface area contributed by atoms with Crippen LogP contribution in [0.5, 0.6) is 0 Å². The average molecular weight is 471 g/mol. The lowest BCUT2D eigenvalue weighted by molar-refractivity contribution is -0.120. The fourth-order valence-electron chi connectivity index (χ4n) is 4.54. The molecule has 7 nitrogen and oxygen atoms in total. The van der Waals surface area contributed by atoms with Crippen LogP contribution in [0.2, 0.25) is 0 Å². The summed E-state index contributed by atoms with van der Waals surface area (Å²) >= 11 is 0. The van der Waals surface area contributed by atoms with Gasteiger partial charge in [0.05, 0.1) is 21.8 Å². The second-order valence-electron chi connectivity index (χ2n) is 8.48. The highest BCUT2D eigenvalue weighted by atomic mass is 32.2. The van der Waals surface area contributed by atoms with Gasteiger partial charge in [-0.05, 0) is 62.4 Å². The Kier molecular flexibility index (Phi) is 6.96. The number of carbonyl (C=O) groups excluding carboxylic acids is 1. The molecular weight excluding hydrogens is 443 g/mol. The zero-order valence-electron chi connectivity index (χ0n) is 18.3. The molecule has 33 heavy (non-hydrogen) atoms. The van der Waals surface area contributed by atoms with E-state index in [-0.39, 0.29) is 35.4 Å². The Morgan fingerprint density at radius 1 is 1.03 bits per heavy atom. The Bertz CT molecular complexity index is 1160. The predicted octanol–water partition coefficient (Wildman–Crippen LogP) is 3.73. The molecule has 4 rings (SSSR count). The number of piperidine rings is 2. The molecule has 2 aromatic rings. The van der Waals surface area contributed by atoms with Crippen molar-refractivity contribution >= 4 is 27.3 Å². The minimum Gasteiger partial charge on any atom is -0.370 e. The minimum atomic E-state index is -3.82. The standard InChI is InChI=1S/C24H27FN4O3S/c25-20-8-9-22(28-12-4-1-5-13-28)21(16-20)27-24(30)18-10-14-29(15-11-18)33(31,32)23-7-3-2-6-19(23)17-26/h2-3,6-9,16,18H,1,4-5,10-15H2,(H,27,30). The summed E-state index contributed by atoms with van der Waals surface area (Å²) in [5.74, 6) is -1.02. The van der Waals surface area contributed by atoms with E-state index in [0.717, 1.165) is 31.6 Å². The van der Waals surface area contributed by atoms with Gasteiger partial charge in [0.1, 0.15) is 11.9 Å². The summed E-state index contributed by atoms with van der Waals surface area (Å²) in [6, 6.07) is 12.5. The lowest BCUT2D eigenvalue weighted by Gasteiger charge is -2.32. The smallest absolute Gasteiger partial charge is 0.244 e. The Hall–Kier alpha value is -2.96. The van der Waals surface area contributed by atoms with Crippen LogP contribution in [0.3, 0.4) is 0 Å². The quantitative estimate of drug-likeness (QED) is 0.719. The Labute approximate surface area is 193 Å². The Morgan fingerprint density at radius 2 is 1.73 bits per heavy atom. The van der Waals surface area contributed by atoms with E-state index in [1.54, 1.807) is 18.2 Å². The molecule has 0 spiro atoms. The SMILES string of the molecule is N#Cc1ccccc1S(=O)(=O)N1CCC(C(=O)Nc2cc(F)ccc2N2CCCCC2)CC1. The summed E-state index contributed by atoms with van der Waals surface area (Å²) in [6.45, 7) is 2.11. The maximum atomic E-state index is 13.9. The van der Waals surface area contributed by atoms with Gasteiger partial charge in [0, 0.05) is 32.1 Å². The third-order valence-corrected chi connectivity index (χ3v) is 8.32. The van der Waals surface area contributed by atoms with E-state index < -0.39 is 15.8 Å². The molecule has 2 aliphatic heterocycles. The van der Waals surface area contributed by atoms with Crippen LogP contribution in [0.25, 0.3) is 0 Å². The van der Waals surface area contributed by atoms with Crippen molar-refractivity contribution in [1.29, 1.82) is 5.26 Å². The summed E-state index contributed by atoms with van der Waals surface area (Å²) < 4.78 is 41.3. The molecule has 0 saturated carbocycles. The first-order valence-corrected chi connectivity index (χ1v) is 12.7. The summed E-state index contributed by atoms with van der Waals surface area (Å²) in [4.78, 5) is 15.1. The summed E-state index contributed by atoms with van der Waals surface area (Å²) in [5, 5.41) is 12.1. The van der Waals surface area contributed by atoms with Gasteiger partial charge in [-0.1, -0.05) is 12.1 Å². The maximum absolute atomic E-state index is 13.9. The zero-order valence-corrected chi connectivity index (χ0v) is 19.2. The van der Waals surface area contributed by atoms with Crippen molar-refractivity contribution in [2.75, 3.05) is 36.4 Å². The molecule has 0 unspecified atom stereocenters. The van der Waals surface area contributed by atoms with Crippen molar-refractivity contribution in [2.24, 2.45) is 5.92 Å². The second-order valence-corrected chi connectivity index (χ2v) is 10.4. The molecule has 2 heterocycles. The predicted molar refractivity (Wildman–Crippen MR) is 124 cm³/mol. The number of nitriles is 1. The molecule has 2 saturated heterocycles. The van der Waals surface area contributed by atoms with Gasteiger partial charge in [0.2, 0.25) is 15.9 Å². The van der Waals surface area contributed by atoms with Crippen LogP contribution in [0, 0.1) is 23.1 Å². The number of benzene rings is 2. The lowest BCUT2D eigenvalue weighted by atomic mass is 9.97. The highest BCUT2D eigenvalue weighted by Crippen LogP contribution is 2.31. The number of amides is 1. The van der Waals surface area contributed by atoms with E-state index in [2.05, 4.69) is 10.2 Å². The first-order chi connectivity index (χ1) is 15.9. The van der Waals surface area contributed by atoms with Crippen molar-refractivity contribution in [3.8, 4) is 6.07 Å². The highest BCUT2D eigenvalue weighted by molar-refractivity contribution is 7.89. The third-order valence-electron chi connectivity index (χ3n) is 6.36. The summed E-state index contributed by atoms with van der Waals surface area (Å²) in [7, 11) is -3.82. The number of anilines is 2. The number of rotatable bonds is 5. The molecule has 2 aromatic carbocycles. The van der Waals surface area contributed by atoms with Gasteiger partial charge >= 0.3 is 0 Å². The topological polar surface area (TPSA) is 93.5 Å². The van der Waals surface area contributed by atoms with E-state index >= 15 is 0 Å². The molecule has 2 fully saturated rings. The van der Waals surface area contributed by atoms with Crippen LogP contribution >= 0.6 is 0 Å². The van der Waals surface area contributed by atoms with Crippen molar-refractivity contribution in [3.63, 3.8) is 0 Å². The normalized spacial score (nSPS) is 18.0. The second kappa shape index (κ2) is 9.89. The molecule has 0 bridgehead atoms. The van der Waals surface area contributed by atoms with Gasteiger partial charge < -0.3 is 10.2 Å². The average Bonchev–Trinajstić information content (AvgIpc) is 2.84. The van der Waals surface area contributed by atoms with E-state index in [9.17, 15) is 22.9 Å². The monoisotopic (exact) mass is 470 g/mol. The van der Waals surface area contributed by atoms with Crippen LogP contribution in [-0.4, -0.2) is 44.8 Å². The first-order valence-electron chi connectivity index (χ1n) is 11.2. The Morgan fingerprint density at radius 3 is 2.42 bits per heavy atom. The van der Waals surface area contributed by atoms with E-state index in [1.807, 2.05) is 6.07 Å². The van der Waals surface area contributed by atoms with Crippen molar-refractivity contribution in [1.82, 2.24) is 4.31 Å². The Balaban J connectivity index is 1.43. The number of carbonyl (C=O) groups is 1. The van der Waals surface area contributed by atoms with Gasteiger partial charge in [0.15, 0.2) is 0 Å². The van der Waals surface area contributed by atoms with Crippen LogP contribution < -0.4 is 10.2 Å². The van der Waals surface area contributed by atoms with Gasteiger partial charge in [-0.2, -0.15) is 9.57 Å². The summed E-state index contributed by atoms with van der Waals surface area (Å²) in [6.07, 6.45) is 4.00. The summed E-state index contributed by atoms with van der Waals surface area (Å²) in [5.41, 5.74) is 1.38. The van der Waals surface area contributed by atoms with Gasteiger partial charge in [-0.3, -0.25) is 4.79 Å². The molecule has 0 atom stereocenters. The number of hydrogen-bond acceptors (Lipinski definition) is 5. The molecule has 174 valence electrons. The van der Waals surface area contributed by atoms with Crippen molar-refractivity contribution in [3.05, 3.63) is 53.8 Å². The molecule has 1 N–H and O–H groups in total. The van der Waals surface area contributed by atoms with E-state index in [4.69, 9.17) is 0 Å². The van der Waals surface area contributed by atoms with Gasteiger partial charge in [-0.25, -0.2) is 12.8 Å². The molecule has 0 aromatic heterocycles. The van der Waals surface area contributed by atoms with E-state index in [0.29, 0.717) is 18.5 Å².